The highest BCUT2D eigenvalue weighted by Gasteiger charge is 2.15. The molecule has 9 heteroatoms. The normalized spacial score (nSPS) is 11.3. The van der Waals surface area contributed by atoms with E-state index in [-0.39, 0.29) is 0 Å². The van der Waals surface area contributed by atoms with Crippen molar-refractivity contribution in [2.24, 2.45) is 0 Å². The molecule has 0 bridgehead atoms. The minimum atomic E-state index is 0.841. The van der Waals surface area contributed by atoms with Gasteiger partial charge in [0.15, 0.2) is 17.5 Å². The average molecular weight is 862 g/mol. The van der Waals surface area contributed by atoms with Gasteiger partial charge < -0.3 is 0 Å². The molecule has 9 nitrogen and oxygen atoms in total. The number of hydrogen-bond acceptors (Lipinski definition) is 6. The predicted octanol–water partition coefficient (Wildman–Crippen LogP) is 11.7. The number of para-hydroxylation sites is 3. The van der Waals surface area contributed by atoms with Crippen LogP contribution in [-0.2, 0) is 38.5 Å². The van der Waals surface area contributed by atoms with Gasteiger partial charge in [-0.1, -0.05) is 146 Å². The summed E-state index contributed by atoms with van der Waals surface area (Å²) in [5, 5.41) is 13.7. The molecule has 0 radical (unpaired) electrons. The van der Waals surface area contributed by atoms with Gasteiger partial charge in [-0.3, -0.25) is 0 Å². The summed E-state index contributed by atoms with van der Waals surface area (Å²) in [5.74, 6) is 2.52. The fourth-order valence-electron chi connectivity index (χ4n) is 8.85. The Morgan fingerprint density at radius 3 is 0.833 bits per heavy atom. The van der Waals surface area contributed by atoms with Crippen LogP contribution in [0.2, 0.25) is 0 Å². The van der Waals surface area contributed by atoms with E-state index in [1.54, 1.807) is 19.0 Å². The molecule has 0 spiro atoms. The number of nitrogens with zero attached hydrogens (tertiary/aromatic N) is 9. The Labute approximate surface area is 386 Å². The van der Waals surface area contributed by atoms with Gasteiger partial charge >= 0.3 is 0 Å². The maximum absolute atomic E-state index is 4.63. The zero-order valence-electron chi connectivity index (χ0n) is 37.6. The van der Waals surface area contributed by atoms with E-state index in [0.29, 0.717) is 0 Å². The monoisotopic (exact) mass is 861 g/mol. The van der Waals surface area contributed by atoms with Crippen LogP contribution in [0.3, 0.4) is 0 Å². The van der Waals surface area contributed by atoms with Crippen LogP contribution in [0, 0.1) is 20.8 Å². The van der Waals surface area contributed by atoms with Crippen LogP contribution >= 0.6 is 0 Å². The lowest BCUT2D eigenvalue weighted by Crippen LogP contribution is -2.02. The van der Waals surface area contributed by atoms with E-state index in [1.165, 1.54) is 33.4 Å². The molecule has 0 aliphatic carbocycles. The summed E-state index contributed by atoms with van der Waals surface area (Å²) >= 11 is 0. The Bertz CT molecular complexity index is 2870. The Morgan fingerprint density at radius 2 is 0.561 bits per heavy atom. The van der Waals surface area contributed by atoms with Crippen LogP contribution in [0.15, 0.2) is 183 Å². The fourth-order valence-corrected chi connectivity index (χ4v) is 8.85. The minimum absolute atomic E-state index is 0.841. The highest BCUT2D eigenvalue weighted by atomic mass is 15.3. The quantitative estimate of drug-likeness (QED) is 0.102. The molecular formula is C57H51N9. The molecule has 0 atom stereocenters. The van der Waals surface area contributed by atoms with Crippen molar-refractivity contribution in [1.29, 1.82) is 0 Å². The molecule has 10 aromatic rings. The van der Waals surface area contributed by atoms with E-state index in [2.05, 4.69) is 178 Å². The summed E-state index contributed by atoms with van der Waals surface area (Å²) in [6, 6.07) is 58.5. The molecule has 0 aliphatic rings. The summed E-state index contributed by atoms with van der Waals surface area (Å²) < 4.78 is 5.79. The lowest BCUT2D eigenvalue weighted by molar-refractivity contribution is 0.878. The van der Waals surface area contributed by atoms with E-state index in [0.717, 1.165) is 106 Å². The van der Waals surface area contributed by atoms with Crippen molar-refractivity contribution in [3.63, 3.8) is 0 Å². The van der Waals surface area contributed by atoms with Crippen LogP contribution in [0.1, 0.15) is 50.1 Å². The number of hydrogen-bond donors (Lipinski definition) is 0. The topological polar surface area (TPSA) is 92.1 Å². The van der Waals surface area contributed by atoms with E-state index < -0.39 is 0 Å². The van der Waals surface area contributed by atoms with Crippen molar-refractivity contribution in [1.82, 2.24) is 44.3 Å². The average Bonchev–Trinajstić information content (AvgIpc) is 4.16. The van der Waals surface area contributed by atoms with Crippen LogP contribution in [0.5, 0.6) is 0 Å². The zero-order chi connectivity index (χ0) is 44.8. The number of rotatable bonds is 15. The Morgan fingerprint density at radius 1 is 0.303 bits per heavy atom. The zero-order valence-corrected chi connectivity index (χ0v) is 37.6. The highest BCUT2D eigenvalue weighted by Crippen LogP contribution is 2.27. The first-order chi connectivity index (χ1) is 32.4. The number of aromatic nitrogens is 9. The van der Waals surface area contributed by atoms with E-state index in [4.69, 9.17) is 0 Å². The molecule has 7 aromatic carbocycles. The third kappa shape index (κ3) is 9.14. The lowest BCUT2D eigenvalue weighted by Gasteiger charge is -2.12. The standard InChI is InChI=1S/C57H51N9/c1-40-10-4-7-13-52(40)64-55(58-37-61-64)49-28-22-43(23-29-49)16-19-46-34-47(20-17-44-24-30-50(31-25-44)56-59-38-62-65(56)53-14-8-5-11-41(53)2)36-48(35-46)21-18-45-26-32-51(33-27-45)57-60-39-63-66(57)54-15-9-6-12-42(54)3/h4-15,22-39H,16-21H2,1-3H3. The summed E-state index contributed by atoms with van der Waals surface area (Å²) in [6.07, 6.45) is 10.6. The van der Waals surface area contributed by atoms with Crippen molar-refractivity contribution < 1.29 is 0 Å². The predicted molar refractivity (Wildman–Crippen MR) is 263 cm³/mol. The third-order valence-electron chi connectivity index (χ3n) is 12.5. The van der Waals surface area contributed by atoms with E-state index in [1.807, 2.05) is 50.4 Å². The highest BCUT2D eigenvalue weighted by molar-refractivity contribution is 5.61. The van der Waals surface area contributed by atoms with Crippen LogP contribution in [-0.4, -0.2) is 44.3 Å². The molecule has 3 aromatic heterocycles. The summed E-state index contributed by atoms with van der Waals surface area (Å²) in [7, 11) is 0. The van der Waals surface area contributed by atoms with Crippen molar-refractivity contribution in [2.75, 3.05) is 0 Å². The Kier molecular flexibility index (Phi) is 12.1. The third-order valence-corrected chi connectivity index (χ3v) is 12.5. The first-order valence-corrected chi connectivity index (χ1v) is 22.7. The van der Waals surface area contributed by atoms with Gasteiger partial charge in [-0.05, 0) is 128 Å². The molecule has 0 aliphatic heterocycles. The first-order valence-electron chi connectivity index (χ1n) is 22.7. The second kappa shape index (κ2) is 19.0. The van der Waals surface area contributed by atoms with Gasteiger partial charge in [0.1, 0.15) is 19.0 Å². The lowest BCUT2D eigenvalue weighted by atomic mass is 9.94. The molecule has 0 unspecified atom stereocenters. The van der Waals surface area contributed by atoms with Crippen LogP contribution < -0.4 is 0 Å². The van der Waals surface area contributed by atoms with Crippen molar-refractivity contribution in [3.05, 3.63) is 233 Å². The van der Waals surface area contributed by atoms with Crippen molar-refractivity contribution in [3.8, 4) is 51.2 Å². The summed E-state index contributed by atoms with van der Waals surface area (Å²) in [5.41, 5.74) is 17.7. The van der Waals surface area contributed by atoms with Crippen molar-refractivity contribution >= 4 is 0 Å². The smallest absolute Gasteiger partial charge is 0.163 e. The minimum Gasteiger partial charge on any atom is -0.215 e. The van der Waals surface area contributed by atoms with E-state index in [9.17, 15) is 0 Å². The summed E-state index contributed by atoms with van der Waals surface area (Å²) in [6.45, 7) is 6.31. The fraction of sp³-hybridized carbons (Fsp3) is 0.158. The van der Waals surface area contributed by atoms with E-state index >= 15 is 0 Å². The van der Waals surface area contributed by atoms with Gasteiger partial charge in [-0.25, -0.2) is 29.0 Å². The molecule has 0 amide bonds. The largest absolute Gasteiger partial charge is 0.215 e. The number of aryl methyl sites for hydroxylation is 9. The molecule has 66 heavy (non-hydrogen) atoms. The molecule has 0 saturated carbocycles. The second-order valence-electron chi connectivity index (χ2n) is 17.1. The summed E-state index contributed by atoms with van der Waals surface area (Å²) in [4.78, 5) is 13.9. The van der Waals surface area contributed by atoms with Crippen LogP contribution in [0.4, 0.5) is 0 Å². The molecular weight excluding hydrogens is 811 g/mol. The first kappa shape index (κ1) is 41.9. The SMILES string of the molecule is Cc1ccccc1-n1ncnc1-c1ccc(CCc2cc(CCc3ccc(-c4ncnn4-c4ccccc4C)cc3)cc(CCc3ccc(-c4ncnn4-c4ccccc4C)cc3)c2)cc1. The van der Waals surface area contributed by atoms with Gasteiger partial charge in [-0.2, -0.15) is 15.3 Å². The Balaban J connectivity index is 0.855. The van der Waals surface area contributed by atoms with Gasteiger partial charge in [0.05, 0.1) is 17.1 Å². The molecule has 0 saturated heterocycles. The van der Waals surface area contributed by atoms with Crippen LogP contribution in [0.25, 0.3) is 51.2 Å². The maximum atomic E-state index is 4.63. The molecule has 0 N–H and O–H groups in total. The molecule has 324 valence electrons. The number of benzene rings is 7. The van der Waals surface area contributed by atoms with Gasteiger partial charge in [0, 0.05) is 16.7 Å². The van der Waals surface area contributed by atoms with Crippen molar-refractivity contribution in [2.45, 2.75) is 59.3 Å². The molecule has 3 heterocycles. The maximum Gasteiger partial charge on any atom is 0.163 e. The molecule has 10 rings (SSSR count). The molecule has 0 fully saturated rings. The second-order valence-corrected chi connectivity index (χ2v) is 17.1. The van der Waals surface area contributed by atoms with Gasteiger partial charge in [-0.15, -0.1) is 0 Å². The van der Waals surface area contributed by atoms with Gasteiger partial charge in [0.25, 0.3) is 0 Å². The van der Waals surface area contributed by atoms with Gasteiger partial charge in [0.2, 0.25) is 0 Å². The Hall–Kier alpha value is -8.04.